The Morgan fingerprint density at radius 2 is 1.75 bits per heavy atom. The van der Waals surface area contributed by atoms with Crippen molar-refractivity contribution >= 4 is 5.91 Å². The normalized spacial score (nSPS) is 22.9. The first-order valence-corrected chi connectivity index (χ1v) is 6.27. The van der Waals surface area contributed by atoms with Crippen LogP contribution in [0.25, 0.3) is 0 Å². The van der Waals surface area contributed by atoms with E-state index in [-0.39, 0.29) is 5.91 Å². The Labute approximate surface area is 97.8 Å². The maximum atomic E-state index is 11.6. The molecule has 0 aromatic heterocycles. The van der Waals surface area contributed by atoms with Gasteiger partial charge >= 0.3 is 0 Å². The summed E-state index contributed by atoms with van der Waals surface area (Å²) in [5.74, 6) is 5.30. The number of hydrogen-bond donors (Lipinski definition) is 0. The molecule has 0 radical (unpaired) electrons. The molecule has 0 spiro atoms. The summed E-state index contributed by atoms with van der Waals surface area (Å²) in [5, 5.41) is 0. The molecule has 3 heteroatoms. The van der Waals surface area contributed by atoms with Crippen molar-refractivity contribution in [1.82, 2.24) is 9.80 Å². The van der Waals surface area contributed by atoms with Crippen molar-refractivity contribution in [3.8, 4) is 11.8 Å². The van der Waals surface area contributed by atoms with Crippen molar-refractivity contribution in [2.75, 3.05) is 26.2 Å². The second-order valence-corrected chi connectivity index (χ2v) is 4.64. The van der Waals surface area contributed by atoms with E-state index in [2.05, 4.69) is 16.7 Å². The SMILES string of the molecule is CC#CC(=O)N1CCC(N2CCCC2)CC1. The Kier molecular flexibility index (Phi) is 3.84. The highest BCUT2D eigenvalue weighted by Crippen LogP contribution is 2.20. The van der Waals surface area contributed by atoms with E-state index >= 15 is 0 Å². The summed E-state index contributed by atoms with van der Waals surface area (Å²) in [4.78, 5) is 16.0. The molecule has 2 saturated heterocycles. The summed E-state index contributed by atoms with van der Waals surface area (Å²) in [6, 6.07) is 0.709. The van der Waals surface area contributed by atoms with Crippen molar-refractivity contribution < 1.29 is 4.79 Å². The molecule has 1 amide bonds. The second kappa shape index (κ2) is 5.36. The van der Waals surface area contributed by atoms with Crippen LogP contribution in [0.3, 0.4) is 0 Å². The van der Waals surface area contributed by atoms with Gasteiger partial charge in [0.25, 0.3) is 5.91 Å². The molecule has 0 saturated carbocycles. The van der Waals surface area contributed by atoms with Gasteiger partial charge in [0, 0.05) is 19.1 Å². The van der Waals surface area contributed by atoms with Crippen LogP contribution in [0.4, 0.5) is 0 Å². The van der Waals surface area contributed by atoms with Gasteiger partial charge in [0.1, 0.15) is 0 Å². The van der Waals surface area contributed by atoms with Gasteiger partial charge in [-0.3, -0.25) is 4.79 Å². The number of amides is 1. The minimum atomic E-state index is 0.00220. The first-order chi connectivity index (χ1) is 7.81. The predicted octanol–water partition coefficient (Wildman–Crippen LogP) is 1.10. The lowest BCUT2D eigenvalue weighted by molar-refractivity contribution is -0.126. The molecule has 0 aromatic rings. The van der Waals surface area contributed by atoms with Crippen molar-refractivity contribution in [2.45, 2.75) is 38.6 Å². The average Bonchev–Trinajstić information content (AvgIpc) is 2.83. The number of nitrogens with zero attached hydrogens (tertiary/aromatic N) is 2. The zero-order valence-electron chi connectivity index (χ0n) is 10.0. The lowest BCUT2D eigenvalue weighted by atomic mass is 10.0. The fraction of sp³-hybridized carbons (Fsp3) is 0.769. The van der Waals surface area contributed by atoms with Crippen molar-refractivity contribution in [3.05, 3.63) is 0 Å². The number of likely N-dealkylation sites (tertiary alicyclic amines) is 2. The molecule has 0 bridgehead atoms. The van der Waals surface area contributed by atoms with Crippen LogP contribution in [0, 0.1) is 11.8 Å². The van der Waals surface area contributed by atoms with Crippen LogP contribution in [-0.2, 0) is 4.79 Å². The maximum Gasteiger partial charge on any atom is 0.298 e. The summed E-state index contributed by atoms with van der Waals surface area (Å²) >= 11 is 0. The van der Waals surface area contributed by atoms with Gasteiger partial charge in [0.15, 0.2) is 0 Å². The number of rotatable bonds is 1. The molecule has 2 aliphatic rings. The molecule has 2 rings (SSSR count). The summed E-state index contributed by atoms with van der Waals surface area (Å²) in [6.45, 7) is 6.00. The van der Waals surface area contributed by atoms with Crippen LogP contribution < -0.4 is 0 Å². The first-order valence-electron chi connectivity index (χ1n) is 6.27. The van der Waals surface area contributed by atoms with E-state index in [0.29, 0.717) is 6.04 Å². The second-order valence-electron chi connectivity index (χ2n) is 4.64. The third-order valence-corrected chi connectivity index (χ3v) is 3.64. The number of piperidine rings is 1. The van der Waals surface area contributed by atoms with Gasteiger partial charge in [-0.25, -0.2) is 0 Å². The molecule has 16 heavy (non-hydrogen) atoms. The summed E-state index contributed by atoms with van der Waals surface area (Å²) in [7, 11) is 0. The van der Waals surface area contributed by atoms with Crippen LogP contribution in [-0.4, -0.2) is 47.9 Å². The van der Waals surface area contributed by atoms with Gasteiger partial charge < -0.3 is 9.80 Å². The Morgan fingerprint density at radius 1 is 1.12 bits per heavy atom. The Morgan fingerprint density at radius 3 is 2.31 bits per heavy atom. The number of hydrogen-bond acceptors (Lipinski definition) is 2. The Hall–Kier alpha value is -1.01. The molecule has 88 valence electrons. The van der Waals surface area contributed by atoms with E-state index in [0.717, 1.165) is 25.9 Å². The number of carbonyl (C=O) groups excluding carboxylic acids is 1. The third-order valence-electron chi connectivity index (χ3n) is 3.64. The lowest BCUT2D eigenvalue weighted by Gasteiger charge is -2.35. The largest absolute Gasteiger partial charge is 0.332 e. The Bertz CT molecular complexity index is 302. The van der Waals surface area contributed by atoms with E-state index in [9.17, 15) is 4.79 Å². The van der Waals surface area contributed by atoms with E-state index in [1.54, 1.807) is 6.92 Å². The smallest absolute Gasteiger partial charge is 0.298 e. The standard InChI is InChI=1S/C13H20N2O/c1-2-5-13(16)15-10-6-12(7-11-15)14-8-3-4-9-14/h12H,3-4,6-11H2,1H3. The molecule has 0 N–H and O–H groups in total. The quantitative estimate of drug-likeness (QED) is 0.618. The van der Waals surface area contributed by atoms with E-state index in [1.165, 1.54) is 25.9 Å². The zero-order valence-corrected chi connectivity index (χ0v) is 10.0. The molecule has 2 heterocycles. The zero-order chi connectivity index (χ0) is 11.4. The van der Waals surface area contributed by atoms with E-state index in [4.69, 9.17) is 0 Å². The molecule has 3 nitrogen and oxygen atoms in total. The highest BCUT2D eigenvalue weighted by molar-refractivity contribution is 5.93. The van der Waals surface area contributed by atoms with Crippen LogP contribution in [0.2, 0.25) is 0 Å². The number of carbonyl (C=O) groups is 1. The first kappa shape index (κ1) is 11.5. The molecule has 0 aliphatic carbocycles. The molecule has 0 aromatic carbocycles. The van der Waals surface area contributed by atoms with Crippen LogP contribution in [0.5, 0.6) is 0 Å². The summed E-state index contributed by atoms with van der Waals surface area (Å²) in [5.41, 5.74) is 0. The van der Waals surface area contributed by atoms with Crippen molar-refractivity contribution in [1.29, 1.82) is 0 Å². The summed E-state index contributed by atoms with van der Waals surface area (Å²) in [6.07, 6.45) is 4.94. The third kappa shape index (κ3) is 2.56. The molecule has 2 aliphatic heterocycles. The minimum absolute atomic E-state index is 0.00220. The maximum absolute atomic E-state index is 11.6. The van der Waals surface area contributed by atoms with Crippen molar-refractivity contribution in [3.63, 3.8) is 0 Å². The molecule has 2 fully saturated rings. The van der Waals surface area contributed by atoms with E-state index in [1.807, 2.05) is 4.90 Å². The highest BCUT2D eigenvalue weighted by atomic mass is 16.2. The van der Waals surface area contributed by atoms with Crippen LogP contribution in [0.15, 0.2) is 0 Å². The van der Waals surface area contributed by atoms with Gasteiger partial charge in [0.2, 0.25) is 0 Å². The minimum Gasteiger partial charge on any atom is -0.332 e. The van der Waals surface area contributed by atoms with Crippen LogP contribution >= 0.6 is 0 Å². The van der Waals surface area contributed by atoms with Gasteiger partial charge in [-0.2, -0.15) is 0 Å². The average molecular weight is 220 g/mol. The predicted molar refractivity (Wildman–Crippen MR) is 63.9 cm³/mol. The Balaban J connectivity index is 1.81. The fourth-order valence-electron chi connectivity index (χ4n) is 2.73. The highest BCUT2D eigenvalue weighted by Gasteiger charge is 2.27. The van der Waals surface area contributed by atoms with Crippen molar-refractivity contribution in [2.24, 2.45) is 0 Å². The van der Waals surface area contributed by atoms with E-state index < -0.39 is 0 Å². The topological polar surface area (TPSA) is 23.6 Å². The van der Waals surface area contributed by atoms with Gasteiger partial charge in [-0.05, 0) is 51.6 Å². The van der Waals surface area contributed by atoms with Crippen LogP contribution in [0.1, 0.15) is 32.6 Å². The monoisotopic (exact) mass is 220 g/mol. The lowest BCUT2D eigenvalue weighted by Crippen LogP contribution is -2.45. The molecular weight excluding hydrogens is 200 g/mol. The molecule has 0 atom stereocenters. The van der Waals surface area contributed by atoms with Gasteiger partial charge in [-0.15, -0.1) is 0 Å². The summed E-state index contributed by atoms with van der Waals surface area (Å²) < 4.78 is 0. The molecular formula is C13H20N2O. The van der Waals surface area contributed by atoms with Gasteiger partial charge in [0.05, 0.1) is 0 Å². The fourth-order valence-corrected chi connectivity index (χ4v) is 2.73. The van der Waals surface area contributed by atoms with Gasteiger partial charge in [-0.1, -0.05) is 5.92 Å². The molecule has 0 unspecified atom stereocenters.